The lowest BCUT2D eigenvalue weighted by atomic mass is 10.1. The lowest BCUT2D eigenvalue weighted by Crippen LogP contribution is -1.99. The van der Waals surface area contributed by atoms with Gasteiger partial charge in [-0.2, -0.15) is 0 Å². The molecule has 0 aliphatic rings. The summed E-state index contributed by atoms with van der Waals surface area (Å²) in [5.41, 5.74) is -0.345. The van der Waals surface area contributed by atoms with Crippen LogP contribution in [0.25, 0.3) is 0 Å². The number of hydrogen-bond donors (Lipinski definition) is 2. The van der Waals surface area contributed by atoms with Crippen LogP contribution in [0.1, 0.15) is 47.9 Å². The Kier molecular flexibility index (Phi) is 2.88. The molecule has 14 heavy (non-hydrogen) atoms. The van der Waals surface area contributed by atoms with E-state index >= 15 is 0 Å². The molecule has 0 fully saturated rings. The maximum atomic E-state index is 12.4. The van der Waals surface area contributed by atoms with Gasteiger partial charge in [0.1, 0.15) is 0 Å². The van der Waals surface area contributed by atoms with Crippen molar-refractivity contribution in [3.63, 3.8) is 0 Å². The van der Waals surface area contributed by atoms with Crippen LogP contribution in [0.2, 0.25) is 0 Å². The number of aromatic amines is 1. The second-order valence-electron chi connectivity index (χ2n) is 3.31. The van der Waals surface area contributed by atoms with Crippen molar-refractivity contribution in [1.82, 2.24) is 4.98 Å². The zero-order valence-corrected chi connectivity index (χ0v) is 7.84. The van der Waals surface area contributed by atoms with E-state index in [1.807, 2.05) is 0 Å². The predicted octanol–water partition coefficient (Wildman–Crippen LogP) is 2.77. The number of halogens is 2. The van der Waals surface area contributed by atoms with Crippen molar-refractivity contribution in [1.29, 1.82) is 0 Å². The summed E-state index contributed by atoms with van der Waals surface area (Å²) in [6.07, 6.45) is -2.78. The lowest BCUT2D eigenvalue weighted by molar-refractivity contribution is 0.0684. The molecule has 0 spiro atoms. The van der Waals surface area contributed by atoms with Crippen LogP contribution in [0.15, 0.2) is 6.07 Å². The number of rotatable bonds is 3. The van der Waals surface area contributed by atoms with E-state index in [0.717, 1.165) is 0 Å². The summed E-state index contributed by atoms with van der Waals surface area (Å²) in [5.74, 6) is -1.33. The molecule has 3 nitrogen and oxygen atoms in total. The molecular weight excluding hydrogens is 192 g/mol. The average Bonchev–Trinajstić information content (AvgIpc) is 2.47. The number of nitrogens with one attached hydrogen (secondary N) is 1. The molecule has 0 saturated carbocycles. The number of carboxylic acid groups (broad SMARTS) is 1. The van der Waals surface area contributed by atoms with Gasteiger partial charge >= 0.3 is 5.97 Å². The van der Waals surface area contributed by atoms with E-state index in [1.165, 1.54) is 6.07 Å². The smallest absolute Gasteiger partial charge is 0.337 e. The molecule has 0 radical (unpaired) electrons. The third-order valence-corrected chi connectivity index (χ3v) is 1.94. The fourth-order valence-electron chi connectivity index (χ4n) is 1.15. The van der Waals surface area contributed by atoms with Gasteiger partial charge in [-0.3, -0.25) is 0 Å². The number of H-pyrrole nitrogens is 1. The SMILES string of the molecule is CC(C)c1cc(C(=O)O)c(C(F)F)[nH]1. The van der Waals surface area contributed by atoms with Crippen LogP contribution in [0.5, 0.6) is 0 Å². The second kappa shape index (κ2) is 3.77. The van der Waals surface area contributed by atoms with Gasteiger partial charge in [-0.1, -0.05) is 13.8 Å². The molecular formula is C9H11F2NO2. The van der Waals surface area contributed by atoms with Gasteiger partial charge in [0.15, 0.2) is 0 Å². The Morgan fingerprint density at radius 3 is 2.36 bits per heavy atom. The van der Waals surface area contributed by atoms with Crippen molar-refractivity contribution in [2.24, 2.45) is 0 Å². The van der Waals surface area contributed by atoms with Crippen molar-refractivity contribution in [2.75, 3.05) is 0 Å². The van der Waals surface area contributed by atoms with Crippen molar-refractivity contribution in [3.05, 3.63) is 23.0 Å². The molecule has 0 amide bonds. The predicted molar refractivity (Wildman–Crippen MR) is 46.8 cm³/mol. The minimum Gasteiger partial charge on any atom is -0.478 e. The van der Waals surface area contributed by atoms with E-state index in [4.69, 9.17) is 5.11 Å². The van der Waals surface area contributed by atoms with Gasteiger partial charge in [0.2, 0.25) is 0 Å². The maximum Gasteiger partial charge on any atom is 0.337 e. The van der Waals surface area contributed by atoms with Crippen molar-refractivity contribution >= 4 is 5.97 Å². The number of aromatic carboxylic acids is 1. The van der Waals surface area contributed by atoms with Crippen LogP contribution in [-0.4, -0.2) is 16.1 Å². The zero-order valence-electron chi connectivity index (χ0n) is 7.84. The molecule has 1 rings (SSSR count). The first-order valence-corrected chi connectivity index (χ1v) is 4.17. The second-order valence-corrected chi connectivity index (χ2v) is 3.31. The Morgan fingerprint density at radius 2 is 2.07 bits per heavy atom. The van der Waals surface area contributed by atoms with Gasteiger partial charge in [-0.25, -0.2) is 13.6 Å². The molecule has 5 heteroatoms. The summed E-state index contributed by atoms with van der Waals surface area (Å²) in [4.78, 5) is 13.0. The van der Waals surface area contributed by atoms with Crippen molar-refractivity contribution < 1.29 is 18.7 Å². The summed E-state index contributed by atoms with van der Waals surface area (Å²) in [6.45, 7) is 3.60. The van der Waals surface area contributed by atoms with E-state index < -0.39 is 18.1 Å². The molecule has 0 aromatic carbocycles. The summed E-state index contributed by atoms with van der Waals surface area (Å²) >= 11 is 0. The van der Waals surface area contributed by atoms with E-state index in [0.29, 0.717) is 5.69 Å². The van der Waals surface area contributed by atoms with E-state index in [9.17, 15) is 13.6 Å². The Morgan fingerprint density at radius 1 is 1.50 bits per heavy atom. The molecule has 1 heterocycles. The number of carboxylic acids is 1. The van der Waals surface area contributed by atoms with Crippen LogP contribution >= 0.6 is 0 Å². The fourth-order valence-corrected chi connectivity index (χ4v) is 1.15. The highest BCUT2D eigenvalue weighted by atomic mass is 19.3. The van der Waals surface area contributed by atoms with E-state index in [1.54, 1.807) is 13.8 Å². The Hall–Kier alpha value is -1.39. The van der Waals surface area contributed by atoms with Crippen LogP contribution < -0.4 is 0 Å². The molecule has 0 unspecified atom stereocenters. The highest BCUT2D eigenvalue weighted by molar-refractivity contribution is 5.89. The number of hydrogen-bond acceptors (Lipinski definition) is 1. The Bertz CT molecular complexity index is 345. The molecule has 1 aromatic rings. The van der Waals surface area contributed by atoms with Gasteiger partial charge in [0.05, 0.1) is 11.3 Å². The van der Waals surface area contributed by atoms with Gasteiger partial charge < -0.3 is 10.1 Å². The van der Waals surface area contributed by atoms with Gasteiger partial charge in [0, 0.05) is 5.69 Å². The monoisotopic (exact) mass is 203 g/mol. The summed E-state index contributed by atoms with van der Waals surface area (Å²) in [6, 6.07) is 1.26. The largest absolute Gasteiger partial charge is 0.478 e. The van der Waals surface area contributed by atoms with Crippen LogP contribution in [0.4, 0.5) is 8.78 Å². The number of carbonyl (C=O) groups is 1. The standard InChI is InChI=1S/C9H11F2NO2/c1-4(2)6-3-5(9(13)14)7(12-6)8(10)11/h3-4,8,12H,1-2H3,(H,13,14). The zero-order chi connectivity index (χ0) is 10.9. The first-order valence-electron chi connectivity index (χ1n) is 4.17. The first-order chi connectivity index (χ1) is 6.43. The Balaban J connectivity index is 3.19. The van der Waals surface area contributed by atoms with Gasteiger partial charge in [-0.15, -0.1) is 0 Å². The van der Waals surface area contributed by atoms with E-state index in [2.05, 4.69) is 4.98 Å². The molecule has 2 N–H and O–H groups in total. The Labute approximate surface area is 79.8 Å². The topological polar surface area (TPSA) is 53.1 Å². The molecule has 78 valence electrons. The molecule has 0 bridgehead atoms. The quantitative estimate of drug-likeness (QED) is 0.793. The maximum absolute atomic E-state index is 12.4. The van der Waals surface area contributed by atoms with Gasteiger partial charge in [-0.05, 0) is 12.0 Å². The van der Waals surface area contributed by atoms with Gasteiger partial charge in [0.25, 0.3) is 6.43 Å². The van der Waals surface area contributed by atoms with Crippen molar-refractivity contribution in [3.8, 4) is 0 Å². The molecule has 0 saturated heterocycles. The number of alkyl halides is 2. The molecule has 0 atom stereocenters. The number of aromatic nitrogens is 1. The minimum atomic E-state index is -2.78. The van der Waals surface area contributed by atoms with Crippen LogP contribution in [0, 0.1) is 0 Å². The minimum absolute atomic E-state index is 0.000556. The fraction of sp³-hybridized carbons (Fsp3) is 0.444. The molecule has 0 aliphatic heterocycles. The third-order valence-electron chi connectivity index (χ3n) is 1.94. The lowest BCUT2D eigenvalue weighted by Gasteiger charge is -1.99. The normalized spacial score (nSPS) is 11.3. The highest BCUT2D eigenvalue weighted by Gasteiger charge is 2.22. The van der Waals surface area contributed by atoms with E-state index in [-0.39, 0.29) is 11.5 Å². The van der Waals surface area contributed by atoms with Crippen LogP contribution in [-0.2, 0) is 0 Å². The summed E-state index contributed by atoms with van der Waals surface area (Å²) < 4.78 is 24.7. The third kappa shape index (κ3) is 1.92. The summed E-state index contributed by atoms with van der Waals surface area (Å²) in [5, 5.41) is 8.66. The average molecular weight is 203 g/mol. The van der Waals surface area contributed by atoms with Crippen LogP contribution in [0.3, 0.4) is 0 Å². The molecule has 0 aliphatic carbocycles. The molecule has 1 aromatic heterocycles. The first kappa shape index (κ1) is 10.7. The summed E-state index contributed by atoms with van der Waals surface area (Å²) in [7, 11) is 0. The van der Waals surface area contributed by atoms with Crippen molar-refractivity contribution in [2.45, 2.75) is 26.2 Å². The highest BCUT2D eigenvalue weighted by Crippen LogP contribution is 2.26.